The number of rotatable bonds is 4. The Morgan fingerprint density at radius 2 is 1.06 bits per heavy atom. The Morgan fingerprint density at radius 3 is 1.94 bits per heavy atom. The maximum absolute atomic E-state index is 5.23. The fourth-order valence-electron chi connectivity index (χ4n) is 7.21. The van der Waals surface area contributed by atoms with Gasteiger partial charge in [0.25, 0.3) is 0 Å². The normalized spacial score (nSPS) is 11.8. The van der Waals surface area contributed by atoms with E-state index in [1.165, 1.54) is 5.39 Å². The first-order valence-electron chi connectivity index (χ1n) is 16.1. The molecule has 0 aliphatic carbocycles. The van der Waals surface area contributed by atoms with E-state index in [-0.39, 0.29) is 0 Å². The summed E-state index contributed by atoms with van der Waals surface area (Å²) in [6, 6.07) is 55.3. The van der Waals surface area contributed by atoms with E-state index < -0.39 is 0 Å². The third kappa shape index (κ3) is 4.01. The Kier molecular flexibility index (Phi) is 5.81. The quantitative estimate of drug-likeness (QED) is 0.198. The van der Waals surface area contributed by atoms with Gasteiger partial charge >= 0.3 is 0 Å². The molecule has 0 amide bonds. The number of aromatic nitrogens is 5. The van der Waals surface area contributed by atoms with E-state index in [0.717, 1.165) is 77.3 Å². The fourth-order valence-corrected chi connectivity index (χ4v) is 7.21. The maximum atomic E-state index is 5.23. The highest BCUT2D eigenvalue weighted by Gasteiger charge is 2.19. The summed E-state index contributed by atoms with van der Waals surface area (Å²) < 4.78 is 4.47. The highest BCUT2D eigenvalue weighted by Crippen LogP contribution is 2.38. The lowest BCUT2D eigenvalue weighted by Crippen LogP contribution is -2.03. The highest BCUT2D eigenvalue weighted by molar-refractivity contribution is 6.12. The van der Waals surface area contributed by atoms with E-state index in [9.17, 15) is 0 Å². The molecular formula is C43H27N5. The van der Waals surface area contributed by atoms with Crippen molar-refractivity contribution >= 4 is 54.6 Å². The third-order valence-electron chi connectivity index (χ3n) is 9.39. The second-order valence-electron chi connectivity index (χ2n) is 12.1. The number of hydrogen-bond donors (Lipinski definition) is 0. The monoisotopic (exact) mass is 613 g/mol. The summed E-state index contributed by atoms with van der Waals surface area (Å²) in [5.41, 5.74) is 10.5. The molecule has 5 heteroatoms. The first-order chi connectivity index (χ1) is 23.8. The van der Waals surface area contributed by atoms with Crippen molar-refractivity contribution in [1.29, 1.82) is 0 Å². The van der Waals surface area contributed by atoms with Crippen molar-refractivity contribution in [2.24, 2.45) is 0 Å². The van der Waals surface area contributed by atoms with Gasteiger partial charge in [-0.2, -0.15) is 0 Å². The molecule has 0 unspecified atom stereocenters. The molecule has 224 valence electrons. The van der Waals surface area contributed by atoms with E-state index in [1.807, 2.05) is 36.5 Å². The van der Waals surface area contributed by atoms with Crippen molar-refractivity contribution in [2.45, 2.75) is 0 Å². The minimum atomic E-state index is 0.660. The second kappa shape index (κ2) is 10.5. The standard InChI is InChI=1S/C43H27N5/c1-3-12-28(13-4-1)41-35-17-7-9-19-37(35)45-43(46-41)48-38-20-10-8-16-32(38)36-26-29(22-24-39(36)48)30-21-23-33-34-18-11-25-44-42(34)47(40(33)27-30)31-14-5-2-6-15-31/h1-27H. The molecule has 0 aliphatic heterocycles. The second-order valence-corrected chi connectivity index (χ2v) is 12.1. The van der Waals surface area contributed by atoms with Gasteiger partial charge in [-0.05, 0) is 65.7 Å². The Bertz CT molecular complexity index is 2830. The van der Waals surface area contributed by atoms with Crippen LogP contribution in [-0.2, 0) is 0 Å². The topological polar surface area (TPSA) is 48.5 Å². The zero-order valence-corrected chi connectivity index (χ0v) is 25.8. The minimum Gasteiger partial charge on any atom is -0.294 e. The number of nitrogens with zero attached hydrogens (tertiary/aromatic N) is 5. The van der Waals surface area contributed by atoms with Gasteiger partial charge in [-0.1, -0.05) is 103 Å². The van der Waals surface area contributed by atoms with Crippen LogP contribution in [0.25, 0.3) is 88.7 Å². The number of benzene rings is 6. The molecule has 0 atom stereocenters. The summed E-state index contributed by atoms with van der Waals surface area (Å²) in [6.07, 6.45) is 1.87. The lowest BCUT2D eigenvalue weighted by atomic mass is 10.0. The van der Waals surface area contributed by atoms with Crippen molar-refractivity contribution in [2.75, 3.05) is 0 Å². The van der Waals surface area contributed by atoms with E-state index >= 15 is 0 Å². The molecule has 10 aromatic rings. The molecule has 5 nitrogen and oxygen atoms in total. The van der Waals surface area contributed by atoms with Gasteiger partial charge < -0.3 is 0 Å². The van der Waals surface area contributed by atoms with E-state index in [2.05, 4.69) is 137 Å². The summed E-state index contributed by atoms with van der Waals surface area (Å²) in [5, 5.41) is 5.69. The smallest absolute Gasteiger partial charge is 0.235 e. The van der Waals surface area contributed by atoms with Crippen molar-refractivity contribution in [3.8, 4) is 34.0 Å². The Labute approximate surface area is 276 Å². The summed E-state index contributed by atoms with van der Waals surface area (Å²) in [5.74, 6) is 0.660. The summed E-state index contributed by atoms with van der Waals surface area (Å²) >= 11 is 0. The predicted molar refractivity (Wildman–Crippen MR) is 197 cm³/mol. The molecular weight excluding hydrogens is 587 g/mol. The van der Waals surface area contributed by atoms with Crippen LogP contribution in [0.15, 0.2) is 164 Å². The number of hydrogen-bond acceptors (Lipinski definition) is 3. The van der Waals surface area contributed by atoms with Gasteiger partial charge in [-0.15, -0.1) is 0 Å². The number of pyridine rings is 1. The molecule has 48 heavy (non-hydrogen) atoms. The molecule has 0 fully saturated rings. The Hall–Kier alpha value is -6.59. The van der Waals surface area contributed by atoms with Crippen LogP contribution >= 0.6 is 0 Å². The molecule has 0 bridgehead atoms. The molecule has 0 saturated heterocycles. The molecule has 0 saturated carbocycles. The van der Waals surface area contributed by atoms with Crippen LogP contribution in [0.2, 0.25) is 0 Å². The molecule has 4 aromatic heterocycles. The van der Waals surface area contributed by atoms with Crippen molar-refractivity contribution < 1.29 is 0 Å². The predicted octanol–water partition coefficient (Wildman–Crippen LogP) is 10.6. The van der Waals surface area contributed by atoms with Crippen LogP contribution in [0.1, 0.15) is 0 Å². The number of fused-ring (bicyclic) bond motifs is 7. The zero-order chi connectivity index (χ0) is 31.6. The lowest BCUT2D eigenvalue weighted by molar-refractivity contribution is 1.01. The fraction of sp³-hybridized carbons (Fsp3) is 0. The van der Waals surface area contributed by atoms with Crippen LogP contribution in [-0.4, -0.2) is 24.1 Å². The van der Waals surface area contributed by atoms with Crippen molar-refractivity contribution in [3.63, 3.8) is 0 Å². The van der Waals surface area contributed by atoms with Gasteiger partial charge in [0.1, 0.15) is 5.65 Å². The molecule has 6 aromatic carbocycles. The van der Waals surface area contributed by atoms with Gasteiger partial charge in [-0.3, -0.25) is 9.13 Å². The van der Waals surface area contributed by atoms with Crippen LogP contribution < -0.4 is 0 Å². The molecule has 10 rings (SSSR count). The van der Waals surface area contributed by atoms with E-state index in [1.54, 1.807) is 0 Å². The Balaban J connectivity index is 1.20. The van der Waals surface area contributed by atoms with Gasteiger partial charge in [-0.25, -0.2) is 15.0 Å². The average Bonchev–Trinajstić information content (AvgIpc) is 3.67. The molecule has 0 aliphatic rings. The molecule has 0 N–H and O–H groups in total. The van der Waals surface area contributed by atoms with Gasteiger partial charge in [0.05, 0.1) is 27.8 Å². The SMILES string of the molecule is c1ccc(-c2nc(-n3c4ccccc4c4cc(-c5ccc6c7cccnc7n(-c7ccccc7)c6c5)ccc43)nc3ccccc23)cc1. The molecule has 0 radical (unpaired) electrons. The molecule has 0 spiro atoms. The summed E-state index contributed by atoms with van der Waals surface area (Å²) in [4.78, 5) is 15.1. The van der Waals surface area contributed by atoms with Crippen LogP contribution in [0.3, 0.4) is 0 Å². The van der Waals surface area contributed by atoms with Crippen molar-refractivity contribution in [3.05, 3.63) is 164 Å². The summed E-state index contributed by atoms with van der Waals surface area (Å²) in [7, 11) is 0. The van der Waals surface area contributed by atoms with Crippen molar-refractivity contribution in [1.82, 2.24) is 24.1 Å². The summed E-state index contributed by atoms with van der Waals surface area (Å²) in [6.45, 7) is 0. The third-order valence-corrected chi connectivity index (χ3v) is 9.39. The van der Waals surface area contributed by atoms with E-state index in [4.69, 9.17) is 15.0 Å². The van der Waals surface area contributed by atoms with Gasteiger partial charge in [0, 0.05) is 44.4 Å². The van der Waals surface area contributed by atoms with Crippen LogP contribution in [0.5, 0.6) is 0 Å². The lowest BCUT2D eigenvalue weighted by Gasteiger charge is -2.12. The zero-order valence-electron chi connectivity index (χ0n) is 25.8. The number of para-hydroxylation sites is 3. The van der Waals surface area contributed by atoms with E-state index in [0.29, 0.717) is 5.95 Å². The highest BCUT2D eigenvalue weighted by atomic mass is 15.2. The maximum Gasteiger partial charge on any atom is 0.235 e. The largest absolute Gasteiger partial charge is 0.294 e. The average molecular weight is 614 g/mol. The first kappa shape index (κ1) is 26.6. The first-order valence-corrected chi connectivity index (χ1v) is 16.1. The minimum absolute atomic E-state index is 0.660. The van der Waals surface area contributed by atoms with Crippen LogP contribution in [0, 0.1) is 0 Å². The molecule has 4 heterocycles. The van der Waals surface area contributed by atoms with Crippen LogP contribution in [0.4, 0.5) is 0 Å². The van der Waals surface area contributed by atoms with Gasteiger partial charge in [0.15, 0.2) is 0 Å². The Morgan fingerprint density at radius 1 is 0.396 bits per heavy atom. The van der Waals surface area contributed by atoms with Gasteiger partial charge in [0.2, 0.25) is 5.95 Å².